The van der Waals surface area contributed by atoms with Crippen molar-refractivity contribution in [2.45, 2.75) is 31.6 Å². The number of carbonyl (C=O) groups is 1. The zero-order valence-electron chi connectivity index (χ0n) is 17.5. The molecule has 0 aliphatic carbocycles. The van der Waals surface area contributed by atoms with Gasteiger partial charge in [-0.05, 0) is 32.1 Å². The molecule has 8 heteroatoms. The van der Waals surface area contributed by atoms with Gasteiger partial charge < -0.3 is 29.3 Å². The average molecular weight is 418 g/mol. The van der Waals surface area contributed by atoms with Gasteiger partial charge in [-0.25, -0.2) is 0 Å². The lowest BCUT2D eigenvalue weighted by Gasteiger charge is -2.47. The summed E-state index contributed by atoms with van der Waals surface area (Å²) in [5, 5.41) is 22.2. The predicted molar refractivity (Wildman–Crippen MR) is 110 cm³/mol. The lowest BCUT2D eigenvalue weighted by Crippen LogP contribution is -2.55. The second kappa shape index (κ2) is 8.55. The van der Waals surface area contributed by atoms with E-state index >= 15 is 0 Å². The molecule has 164 valence electrons. The molecule has 2 N–H and O–H groups in total. The van der Waals surface area contributed by atoms with Gasteiger partial charge in [0.15, 0.2) is 0 Å². The molecular weight excluding hydrogens is 388 g/mol. The Labute approximate surface area is 176 Å². The van der Waals surface area contributed by atoms with Gasteiger partial charge in [-0.15, -0.1) is 0 Å². The van der Waals surface area contributed by atoms with Gasteiger partial charge in [0.05, 0.1) is 38.0 Å². The fourth-order valence-corrected chi connectivity index (χ4v) is 4.29. The van der Waals surface area contributed by atoms with Crippen LogP contribution in [0.25, 0.3) is 6.08 Å². The molecule has 3 heterocycles. The van der Waals surface area contributed by atoms with Gasteiger partial charge in [0, 0.05) is 37.8 Å². The van der Waals surface area contributed by atoms with E-state index < -0.39 is 17.7 Å². The molecule has 2 saturated heterocycles. The van der Waals surface area contributed by atoms with E-state index in [9.17, 15) is 15.0 Å². The second-order valence-corrected chi connectivity index (χ2v) is 8.43. The summed E-state index contributed by atoms with van der Waals surface area (Å²) in [6, 6.07) is 3.12. The fraction of sp³-hybridized carbons (Fsp3) is 0.591. The number of phenolic OH excluding ortho intramolecular Hbond substituents is 1. The summed E-state index contributed by atoms with van der Waals surface area (Å²) in [7, 11) is 0. The molecule has 2 atom stereocenters. The number of benzene rings is 1. The maximum absolute atomic E-state index is 12.4. The number of ether oxygens (including phenoxy) is 3. The number of rotatable bonds is 3. The van der Waals surface area contributed by atoms with Crippen molar-refractivity contribution in [3.8, 4) is 11.5 Å². The lowest BCUT2D eigenvalue weighted by molar-refractivity contribution is -0.129. The lowest BCUT2D eigenvalue weighted by atomic mass is 9.84. The maximum atomic E-state index is 12.4. The summed E-state index contributed by atoms with van der Waals surface area (Å²) < 4.78 is 16.8. The van der Waals surface area contributed by atoms with Crippen molar-refractivity contribution in [1.82, 2.24) is 9.80 Å². The van der Waals surface area contributed by atoms with Gasteiger partial charge in [-0.1, -0.05) is 0 Å². The smallest absolute Gasteiger partial charge is 0.246 e. The highest BCUT2D eigenvalue weighted by atomic mass is 16.5. The Bertz CT molecular complexity index is 812. The highest BCUT2D eigenvalue weighted by molar-refractivity contribution is 5.92. The van der Waals surface area contributed by atoms with Crippen LogP contribution < -0.4 is 4.74 Å². The Balaban J connectivity index is 1.65. The number of fused-ring (bicyclic) bond motifs is 1. The SMILES string of the molecule is CC1(C)Oc2ccc(C=CC(=O)N3CCOCC3)c(O)c2C(N2CCOCC2)C1O. The number of phenols is 1. The molecule has 0 aromatic heterocycles. The van der Waals surface area contributed by atoms with Crippen LogP contribution in [0.3, 0.4) is 0 Å². The van der Waals surface area contributed by atoms with E-state index in [0.717, 1.165) is 0 Å². The number of aromatic hydroxyl groups is 1. The molecule has 3 aliphatic rings. The Kier molecular flexibility index (Phi) is 6.02. The number of carbonyl (C=O) groups excluding carboxylic acids is 1. The molecule has 2 unspecified atom stereocenters. The third kappa shape index (κ3) is 4.05. The predicted octanol–water partition coefficient (Wildman–Crippen LogP) is 1.17. The number of nitrogens with zero attached hydrogens (tertiary/aromatic N) is 2. The van der Waals surface area contributed by atoms with Gasteiger partial charge in [0.2, 0.25) is 5.91 Å². The van der Waals surface area contributed by atoms with Crippen molar-refractivity contribution in [2.75, 3.05) is 52.6 Å². The molecule has 2 fully saturated rings. The number of aliphatic hydroxyl groups excluding tert-OH is 1. The summed E-state index contributed by atoms with van der Waals surface area (Å²) in [6.45, 7) is 8.37. The van der Waals surface area contributed by atoms with E-state index in [2.05, 4.69) is 4.90 Å². The molecule has 1 aromatic rings. The van der Waals surface area contributed by atoms with Crippen LogP contribution in [0.1, 0.15) is 31.0 Å². The molecule has 3 aliphatic heterocycles. The first-order chi connectivity index (χ1) is 14.4. The van der Waals surface area contributed by atoms with Crippen LogP contribution in [0.2, 0.25) is 0 Å². The maximum Gasteiger partial charge on any atom is 0.246 e. The Morgan fingerprint density at radius 1 is 1.10 bits per heavy atom. The average Bonchev–Trinajstić information content (AvgIpc) is 2.75. The van der Waals surface area contributed by atoms with Crippen molar-refractivity contribution < 1.29 is 29.2 Å². The first kappa shape index (κ1) is 21.1. The molecular formula is C22H30N2O6. The van der Waals surface area contributed by atoms with Crippen LogP contribution in [-0.4, -0.2) is 90.2 Å². The summed E-state index contributed by atoms with van der Waals surface area (Å²) in [5.74, 6) is 0.470. The van der Waals surface area contributed by atoms with E-state index in [0.29, 0.717) is 69.5 Å². The van der Waals surface area contributed by atoms with Crippen LogP contribution in [0.4, 0.5) is 0 Å². The van der Waals surface area contributed by atoms with Crippen molar-refractivity contribution in [3.63, 3.8) is 0 Å². The fourth-order valence-electron chi connectivity index (χ4n) is 4.29. The van der Waals surface area contributed by atoms with Gasteiger partial charge in [-0.3, -0.25) is 9.69 Å². The molecule has 1 amide bonds. The standard InChI is InChI=1S/C22H30N2O6/c1-22(2)21(27)19(24-9-13-29-14-10-24)18-16(30-22)5-3-15(20(18)26)4-6-17(25)23-7-11-28-12-8-23/h3-6,19,21,26-27H,7-14H2,1-2H3. The molecule has 8 nitrogen and oxygen atoms in total. The molecule has 0 radical (unpaired) electrons. The first-order valence-electron chi connectivity index (χ1n) is 10.5. The number of morpholine rings is 2. The third-order valence-corrected chi connectivity index (χ3v) is 6.06. The third-order valence-electron chi connectivity index (χ3n) is 6.06. The number of amides is 1. The minimum Gasteiger partial charge on any atom is -0.507 e. The molecule has 1 aromatic carbocycles. The largest absolute Gasteiger partial charge is 0.507 e. The van der Waals surface area contributed by atoms with Crippen LogP contribution in [0, 0.1) is 0 Å². The minimum atomic E-state index is -0.830. The van der Waals surface area contributed by atoms with E-state index in [1.807, 2.05) is 13.8 Å². The zero-order chi connectivity index (χ0) is 21.3. The zero-order valence-corrected chi connectivity index (χ0v) is 17.5. The van der Waals surface area contributed by atoms with Crippen molar-refractivity contribution in [1.29, 1.82) is 0 Å². The van der Waals surface area contributed by atoms with E-state index in [-0.39, 0.29) is 11.7 Å². The van der Waals surface area contributed by atoms with Crippen LogP contribution in [-0.2, 0) is 14.3 Å². The molecule has 4 rings (SSSR count). The van der Waals surface area contributed by atoms with E-state index in [1.54, 1.807) is 23.1 Å². The van der Waals surface area contributed by atoms with Gasteiger partial charge in [0.25, 0.3) is 0 Å². The van der Waals surface area contributed by atoms with Crippen molar-refractivity contribution >= 4 is 12.0 Å². The number of hydrogen-bond donors (Lipinski definition) is 2. The summed E-state index contributed by atoms with van der Waals surface area (Å²) in [6.07, 6.45) is 2.26. The Morgan fingerprint density at radius 2 is 1.73 bits per heavy atom. The molecule has 30 heavy (non-hydrogen) atoms. The molecule has 0 spiro atoms. The first-order valence-corrected chi connectivity index (χ1v) is 10.5. The summed E-state index contributed by atoms with van der Waals surface area (Å²) in [4.78, 5) is 16.3. The minimum absolute atomic E-state index is 0.0320. The quantitative estimate of drug-likeness (QED) is 0.712. The van der Waals surface area contributed by atoms with Crippen LogP contribution >= 0.6 is 0 Å². The highest BCUT2D eigenvalue weighted by Crippen LogP contribution is 2.48. The van der Waals surface area contributed by atoms with Gasteiger partial charge in [-0.2, -0.15) is 0 Å². The van der Waals surface area contributed by atoms with Crippen LogP contribution in [0.15, 0.2) is 18.2 Å². The Morgan fingerprint density at radius 3 is 2.40 bits per heavy atom. The van der Waals surface area contributed by atoms with Crippen LogP contribution in [0.5, 0.6) is 11.5 Å². The molecule has 0 bridgehead atoms. The number of hydrogen-bond acceptors (Lipinski definition) is 7. The van der Waals surface area contributed by atoms with E-state index in [4.69, 9.17) is 14.2 Å². The normalized spacial score (nSPS) is 27.0. The number of aliphatic hydroxyl groups is 1. The second-order valence-electron chi connectivity index (χ2n) is 8.43. The highest BCUT2D eigenvalue weighted by Gasteiger charge is 2.47. The van der Waals surface area contributed by atoms with Gasteiger partial charge >= 0.3 is 0 Å². The monoisotopic (exact) mass is 418 g/mol. The molecule has 0 saturated carbocycles. The summed E-state index contributed by atoms with van der Waals surface area (Å²) >= 11 is 0. The van der Waals surface area contributed by atoms with E-state index in [1.165, 1.54) is 6.08 Å². The van der Waals surface area contributed by atoms with Gasteiger partial charge in [0.1, 0.15) is 23.2 Å². The summed E-state index contributed by atoms with van der Waals surface area (Å²) in [5.41, 5.74) is 0.278. The topological polar surface area (TPSA) is 91.7 Å². The van der Waals surface area contributed by atoms with Crippen molar-refractivity contribution in [3.05, 3.63) is 29.3 Å². The Hall–Kier alpha value is -2.13. The van der Waals surface area contributed by atoms with Crippen molar-refractivity contribution in [2.24, 2.45) is 0 Å².